The number of aromatic nitrogens is 2. The molecule has 0 bridgehead atoms. The summed E-state index contributed by atoms with van der Waals surface area (Å²) < 4.78 is 0. The first-order valence-electron chi connectivity index (χ1n) is 7.15. The van der Waals surface area contributed by atoms with Gasteiger partial charge in [-0.2, -0.15) is 0 Å². The summed E-state index contributed by atoms with van der Waals surface area (Å²) in [6.45, 7) is 3.78. The van der Waals surface area contributed by atoms with E-state index < -0.39 is 4.92 Å². The molecule has 1 unspecified atom stereocenters. The fraction of sp³-hybridized carbons (Fsp3) is 0.667. The molecule has 21 heavy (non-hydrogen) atoms. The molecule has 2 fully saturated rings. The number of nitro groups is 1. The van der Waals surface area contributed by atoms with Gasteiger partial charge in [0.25, 0.3) is 0 Å². The van der Waals surface area contributed by atoms with Gasteiger partial charge in [-0.1, -0.05) is 0 Å². The highest BCUT2D eigenvalue weighted by Crippen LogP contribution is 2.34. The van der Waals surface area contributed by atoms with Crippen molar-refractivity contribution in [2.24, 2.45) is 5.84 Å². The van der Waals surface area contributed by atoms with E-state index in [1.165, 1.54) is 19.2 Å². The Labute approximate surface area is 122 Å². The van der Waals surface area contributed by atoms with E-state index in [1.54, 1.807) is 0 Å². The summed E-state index contributed by atoms with van der Waals surface area (Å²) in [5.74, 6) is 5.71. The van der Waals surface area contributed by atoms with Gasteiger partial charge < -0.3 is 10.3 Å². The van der Waals surface area contributed by atoms with Gasteiger partial charge in [-0.25, -0.2) is 15.8 Å². The van der Waals surface area contributed by atoms with Crippen molar-refractivity contribution in [3.8, 4) is 0 Å². The SMILES string of the molecule is NNc1ncnc(N2CCC(N3CCCC3)C2)c1[N+](=O)[O-]. The molecule has 2 saturated heterocycles. The molecular formula is C12H19N7O2. The quantitative estimate of drug-likeness (QED) is 0.464. The highest BCUT2D eigenvalue weighted by molar-refractivity contribution is 5.70. The Morgan fingerprint density at radius 2 is 2.10 bits per heavy atom. The van der Waals surface area contributed by atoms with Gasteiger partial charge in [-0.15, -0.1) is 0 Å². The lowest BCUT2D eigenvalue weighted by Crippen LogP contribution is -2.35. The van der Waals surface area contributed by atoms with Crippen molar-refractivity contribution in [2.75, 3.05) is 36.5 Å². The van der Waals surface area contributed by atoms with Crippen LogP contribution in [0.25, 0.3) is 0 Å². The molecule has 114 valence electrons. The summed E-state index contributed by atoms with van der Waals surface area (Å²) >= 11 is 0. The van der Waals surface area contributed by atoms with E-state index in [-0.39, 0.29) is 11.5 Å². The van der Waals surface area contributed by atoms with Gasteiger partial charge in [0.2, 0.25) is 11.6 Å². The lowest BCUT2D eigenvalue weighted by molar-refractivity contribution is -0.383. The summed E-state index contributed by atoms with van der Waals surface area (Å²) in [6.07, 6.45) is 4.80. The molecule has 2 aliphatic rings. The van der Waals surface area contributed by atoms with E-state index in [9.17, 15) is 10.1 Å². The Morgan fingerprint density at radius 3 is 2.76 bits per heavy atom. The maximum absolute atomic E-state index is 11.3. The van der Waals surface area contributed by atoms with Gasteiger partial charge in [-0.3, -0.25) is 15.0 Å². The fourth-order valence-corrected chi connectivity index (χ4v) is 3.21. The first-order chi connectivity index (χ1) is 10.2. The second-order valence-corrected chi connectivity index (χ2v) is 5.43. The Hall–Kier alpha value is -2.00. The molecule has 3 rings (SSSR count). The molecule has 0 amide bonds. The number of anilines is 2. The number of hydrogen-bond acceptors (Lipinski definition) is 8. The van der Waals surface area contributed by atoms with Gasteiger partial charge >= 0.3 is 5.69 Å². The van der Waals surface area contributed by atoms with Crippen LogP contribution in [0.15, 0.2) is 6.33 Å². The molecule has 1 atom stereocenters. The van der Waals surface area contributed by atoms with Crippen molar-refractivity contribution in [2.45, 2.75) is 25.3 Å². The third-order valence-electron chi connectivity index (χ3n) is 4.24. The zero-order valence-electron chi connectivity index (χ0n) is 11.7. The zero-order chi connectivity index (χ0) is 14.8. The lowest BCUT2D eigenvalue weighted by Gasteiger charge is -2.23. The van der Waals surface area contributed by atoms with E-state index >= 15 is 0 Å². The van der Waals surface area contributed by atoms with Gasteiger partial charge in [0.1, 0.15) is 6.33 Å². The van der Waals surface area contributed by atoms with Crippen LogP contribution in [0.4, 0.5) is 17.3 Å². The van der Waals surface area contributed by atoms with Crippen molar-refractivity contribution in [1.29, 1.82) is 0 Å². The molecule has 9 heteroatoms. The number of hydrazine groups is 1. The summed E-state index contributed by atoms with van der Waals surface area (Å²) in [6, 6.07) is 0.455. The summed E-state index contributed by atoms with van der Waals surface area (Å²) in [4.78, 5) is 23.2. The third-order valence-corrected chi connectivity index (χ3v) is 4.24. The molecule has 9 nitrogen and oxygen atoms in total. The summed E-state index contributed by atoms with van der Waals surface area (Å²) in [7, 11) is 0. The number of nitrogens with one attached hydrogen (secondary N) is 1. The van der Waals surface area contributed by atoms with Crippen molar-refractivity contribution >= 4 is 17.3 Å². The Balaban J connectivity index is 1.82. The average molecular weight is 293 g/mol. The lowest BCUT2D eigenvalue weighted by atomic mass is 10.2. The van der Waals surface area contributed by atoms with Gasteiger partial charge in [-0.05, 0) is 32.4 Å². The second-order valence-electron chi connectivity index (χ2n) is 5.43. The molecule has 0 saturated carbocycles. The van der Waals surface area contributed by atoms with E-state index in [1.807, 2.05) is 4.90 Å². The monoisotopic (exact) mass is 293 g/mol. The first kappa shape index (κ1) is 14.0. The van der Waals surface area contributed by atoms with Crippen LogP contribution in [-0.4, -0.2) is 52.0 Å². The number of rotatable bonds is 4. The maximum Gasteiger partial charge on any atom is 0.354 e. The molecule has 0 radical (unpaired) electrons. The number of hydrogen-bond donors (Lipinski definition) is 2. The van der Waals surface area contributed by atoms with Crippen molar-refractivity contribution in [3.63, 3.8) is 0 Å². The van der Waals surface area contributed by atoms with Crippen LogP contribution >= 0.6 is 0 Å². The molecule has 0 aromatic carbocycles. The molecule has 1 aromatic heterocycles. The zero-order valence-corrected chi connectivity index (χ0v) is 11.7. The molecule has 1 aromatic rings. The topological polar surface area (TPSA) is 113 Å². The van der Waals surface area contributed by atoms with Crippen LogP contribution < -0.4 is 16.2 Å². The minimum atomic E-state index is -0.478. The van der Waals surface area contributed by atoms with E-state index in [2.05, 4.69) is 20.3 Å². The maximum atomic E-state index is 11.3. The predicted octanol–water partition coefficient (Wildman–Crippen LogP) is 0.345. The Kier molecular flexibility index (Phi) is 3.84. The minimum Gasteiger partial charge on any atom is -0.349 e. The third kappa shape index (κ3) is 2.61. The normalized spacial score (nSPS) is 22.7. The highest BCUT2D eigenvalue weighted by Gasteiger charge is 2.34. The first-order valence-corrected chi connectivity index (χ1v) is 7.15. The standard InChI is InChI=1S/C12H19N7O2/c13-16-11-10(19(20)21)12(15-8-14-11)18-6-3-9(7-18)17-4-1-2-5-17/h8-9H,1-7,13H2,(H,14,15,16). The molecular weight excluding hydrogens is 274 g/mol. The van der Waals surface area contributed by atoms with Crippen LogP contribution in [-0.2, 0) is 0 Å². The van der Waals surface area contributed by atoms with Gasteiger partial charge in [0, 0.05) is 19.1 Å². The number of likely N-dealkylation sites (tertiary alicyclic amines) is 1. The highest BCUT2D eigenvalue weighted by atomic mass is 16.6. The average Bonchev–Trinajstić information content (AvgIpc) is 3.16. The van der Waals surface area contributed by atoms with Gasteiger partial charge in [0.05, 0.1) is 4.92 Å². The summed E-state index contributed by atoms with van der Waals surface area (Å²) in [5, 5.41) is 11.3. The number of nitrogens with two attached hydrogens (primary N) is 1. The molecule has 0 spiro atoms. The molecule has 3 N–H and O–H groups in total. The van der Waals surface area contributed by atoms with E-state index in [4.69, 9.17) is 5.84 Å². The minimum absolute atomic E-state index is 0.0506. The number of nitrogens with zero attached hydrogens (tertiary/aromatic N) is 5. The predicted molar refractivity (Wildman–Crippen MR) is 77.9 cm³/mol. The van der Waals surface area contributed by atoms with Gasteiger partial charge in [0.15, 0.2) is 0 Å². The van der Waals surface area contributed by atoms with Crippen molar-refractivity contribution in [1.82, 2.24) is 14.9 Å². The van der Waals surface area contributed by atoms with Crippen LogP contribution in [0.5, 0.6) is 0 Å². The molecule has 3 heterocycles. The van der Waals surface area contributed by atoms with Crippen molar-refractivity contribution in [3.05, 3.63) is 16.4 Å². The number of nitrogen functional groups attached to an aromatic ring is 1. The van der Waals surface area contributed by atoms with Crippen LogP contribution in [0.1, 0.15) is 19.3 Å². The fourth-order valence-electron chi connectivity index (χ4n) is 3.21. The Morgan fingerprint density at radius 1 is 1.33 bits per heavy atom. The largest absolute Gasteiger partial charge is 0.354 e. The molecule has 2 aliphatic heterocycles. The van der Waals surface area contributed by atoms with E-state index in [0.717, 1.165) is 32.6 Å². The Bertz CT molecular complexity index is 532. The second kappa shape index (κ2) is 5.78. The molecule has 0 aliphatic carbocycles. The van der Waals surface area contributed by atoms with Crippen LogP contribution in [0.3, 0.4) is 0 Å². The van der Waals surface area contributed by atoms with Crippen LogP contribution in [0, 0.1) is 10.1 Å². The van der Waals surface area contributed by atoms with Crippen molar-refractivity contribution < 1.29 is 4.92 Å². The van der Waals surface area contributed by atoms with Crippen LogP contribution in [0.2, 0.25) is 0 Å². The van der Waals surface area contributed by atoms with E-state index in [0.29, 0.717) is 11.9 Å². The summed E-state index contributed by atoms with van der Waals surface area (Å²) in [5.41, 5.74) is 2.13. The smallest absolute Gasteiger partial charge is 0.349 e.